The Kier molecular flexibility index (Phi) is 5.34. The zero-order chi connectivity index (χ0) is 15.2. The van der Waals surface area contributed by atoms with Gasteiger partial charge in [0.1, 0.15) is 5.82 Å². The Bertz CT molecular complexity index is 569. The van der Waals surface area contributed by atoms with Gasteiger partial charge in [0.25, 0.3) is 0 Å². The molecule has 112 valence electrons. The quantitative estimate of drug-likeness (QED) is 0.869. The van der Waals surface area contributed by atoms with Crippen molar-refractivity contribution < 1.29 is 4.39 Å². The highest BCUT2D eigenvalue weighted by molar-refractivity contribution is 5.55. The van der Waals surface area contributed by atoms with E-state index in [0.717, 1.165) is 18.5 Å². The molecule has 2 rings (SSSR count). The second-order valence-electron chi connectivity index (χ2n) is 5.35. The Morgan fingerprint density at radius 2 is 1.81 bits per heavy atom. The first-order chi connectivity index (χ1) is 10.1. The Morgan fingerprint density at radius 1 is 1.10 bits per heavy atom. The molecule has 0 fully saturated rings. The number of halogens is 1. The van der Waals surface area contributed by atoms with Crippen LogP contribution in [-0.4, -0.2) is 20.6 Å². The second-order valence-corrected chi connectivity index (χ2v) is 5.35. The maximum Gasteiger partial charge on any atom is 0.146 e. The standard InChI is InChI=1S/C18H23FN2/c1-14(20-2)16-10-7-11-17(19)18(16)21(3)13-12-15-8-5-4-6-9-15/h4-11,14,20H,12-13H2,1-3H3. The van der Waals surface area contributed by atoms with E-state index in [-0.39, 0.29) is 11.9 Å². The zero-order valence-electron chi connectivity index (χ0n) is 12.9. The summed E-state index contributed by atoms with van der Waals surface area (Å²) in [5.41, 5.74) is 2.95. The molecule has 2 aromatic carbocycles. The molecule has 0 heterocycles. The van der Waals surface area contributed by atoms with Gasteiger partial charge >= 0.3 is 0 Å². The molecule has 21 heavy (non-hydrogen) atoms. The van der Waals surface area contributed by atoms with Crippen molar-refractivity contribution in [3.05, 3.63) is 65.5 Å². The van der Waals surface area contributed by atoms with Crippen molar-refractivity contribution in [2.45, 2.75) is 19.4 Å². The number of hydrogen-bond donors (Lipinski definition) is 1. The van der Waals surface area contributed by atoms with E-state index >= 15 is 0 Å². The van der Waals surface area contributed by atoms with Crippen LogP contribution < -0.4 is 10.2 Å². The minimum atomic E-state index is -0.162. The van der Waals surface area contributed by atoms with Gasteiger partial charge in [-0.2, -0.15) is 0 Å². The van der Waals surface area contributed by atoms with Crippen LogP contribution in [-0.2, 0) is 6.42 Å². The highest BCUT2D eigenvalue weighted by atomic mass is 19.1. The molecule has 0 radical (unpaired) electrons. The van der Waals surface area contributed by atoms with E-state index in [1.807, 2.05) is 50.2 Å². The van der Waals surface area contributed by atoms with Gasteiger partial charge in [0, 0.05) is 19.6 Å². The van der Waals surface area contributed by atoms with E-state index in [9.17, 15) is 4.39 Å². The first kappa shape index (κ1) is 15.5. The second kappa shape index (κ2) is 7.23. The maximum atomic E-state index is 14.3. The molecule has 2 nitrogen and oxygen atoms in total. The molecule has 0 aliphatic carbocycles. The summed E-state index contributed by atoms with van der Waals surface area (Å²) in [5, 5.41) is 3.18. The number of nitrogens with one attached hydrogen (secondary N) is 1. The summed E-state index contributed by atoms with van der Waals surface area (Å²) in [6, 6.07) is 15.7. The number of benzene rings is 2. The minimum absolute atomic E-state index is 0.120. The van der Waals surface area contributed by atoms with Gasteiger partial charge < -0.3 is 10.2 Å². The summed E-state index contributed by atoms with van der Waals surface area (Å²) in [7, 11) is 3.84. The Balaban J connectivity index is 2.16. The predicted octanol–water partition coefficient (Wildman–Crippen LogP) is 3.79. The Labute approximate surface area is 126 Å². The number of anilines is 1. The van der Waals surface area contributed by atoms with Gasteiger partial charge in [-0.3, -0.25) is 0 Å². The molecule has 1 atom stereocenters. The molecule has 0 aromatic heterocycles. The van der Waals surface area contributed by atoms with Crippen LogP contribution in [0.4, 0.5) is 10.1 Å². The third-order valence-corrected chi connectivity index (χ3v) is 3.88. The van der Waals surface area contributed by atoms with Crippen LogP contribution in [0.1, 0.15) is 24.1 Å². The molecule has 0 saturated heterocycles. The zero-order valence-corrected chi connectivity index (χ0v) is 12.9. The molecular weight excluding hydrogens is 263 g/mol. The lowest BCUT2D eigenvalue weighted by Gasteiger charge is -2.25. The molecule has 0 spiro atoms. The molecule has 1 unspecified atom stereocenters. The van der Waals surface area contributed by atoms with Crippen LogP contribution in [0.3, 0.4) is 0 Å². The average Bonchev–Trinajstić information content (AvgIpc) is 2.52. The number of nitrogens with zero attached hydrogens (tertiary/aromatic N) is 1. The van der Waals surface area contributed by atoms with E-state index in [2.05, 4.69) is 17.4 Å². The summed E-state index contributed by atoms with van der Waals surface area (Å²) >= 11 is 0. The fraction of sp³-hybridized carbons (Fsp3) is 0.333. The van der Waals surface area contributed by atoms with Gasteiger partial charge in [0.15, 0.2) is 0 Å². The number of rotatable bonds is 6. The first-order valence-corrected chi connectivity index (χ1v) is 7.34. The van der Waals surface area contributed by atoms with E-state index in [0.29, 0.717) is 5.69 Å². The fourth-order valence-electron chi connectivity index (χ4n) is 2.49. The maximum absolute atomic E-state index is 14.3. The Hall–Kier alpha value is -1.87. The summed E-state index contributed by atoms with van der Waals surface area (Å²) in [6.45, 7) is 2.83. The van der Waals surface area contributed by atoms with Crippen LogP contribution in [0.5, 0.6) is 0 Å². The predicted molar refractivity (Wildman–Crippen MR) is 87.3 cm³/mol. The van der Waals surface area contributed by atoms with Crippen LogP contribution >= 0.6 is 0 Å². The SMILES string of the molecule is CNC(C)c1cccc(F)c1N(C)CCc1ccccc1. The van der Waals surface area contributed by atoms with Crippen molar-refractivity contribution in [2.24, 2.45) is 0 Å². The van der Waals surface area contributed by atoms with E-state index in [1.54, 1.807) is 6.07 Å². The summed E-state index contributed by atoms with van der Waals surface area (Å²) < 4.78 is 14.3. The van der Waals surface area contributed by atoms with Gasteiger partial charge in [-0.1, -0.05) is 42.5 Å². The monoisotopic (exact) mass is 286 g/mol. The highest BCUT2D eigenvalue weighted by Crippen LogP contribution is 2.28. The van der Waals surface area contributed by atoms with Crippen molar-refractivity contribution in [3.63, 3.8) is 0 Å². The van der Waals surface area contributed by atoms with E-state index < -0.39 is 0 Å². The van der Waals surface area contributed by atoms with Crippen molar-refractivity contribution in [1.29, 1.82) is 0 Å². The van der Waals surface area contributed by atoms with Gasteiger partial charge in [-0.05, 0) is 37.6 Å². The van der Waals surface area contributed by atoms with Crippen LogP contribution in [0, 0.1) is 5.82 Å². The van der Waals surface area contributed by atoms with Crippen molar-refractivity contribution in [1.82, 2.24) is 5.32 Å². The lowest BCUT2D eigenvalue weighted by Crippen LogP contribution is -2.25. The third-order valence-electron chi connectivity index (χ3n) is 3.88. The molecule has 0 bridgehead atoms. The topological polar surface area (TPSA) is 15.3 Å². The molecule has 3 heteroatoms. The largest absolute Gasteiger partial charge is 0.372 e. The van der Waals surface area contributed by atoms with Crippen LogP contribution in [0.25, 0.3) is 0 Å². The van der Waals surface area contributed by atoms with Crippen molar-refractivity contribution >= 4 is 5.69 Å². The lowest BCUT2D eigenvalue weighted by molar-refractivity contribution is 0.602. The molecule has 0 saturated carbocycles. The number of para-hydroxylation sites is 1. The summed E-state index contributed by atoms with van der Waals surface area (Å²) in [5.74, 6) is -0.162. The lowest BCUT2D eigenvalue weighted by atomic mass is 10.0. The molecular formula is C18H23FN2. The number of hydrogen-bond acceptors (Lipinski definition) is 2. The fourth-order valence-corrected chi connectivity index (χ4v) is 2.49. The minimum Gasteiger partial charge on any atom is -0.372 e. The van der Waals surface area contributed by atoms with E-state index in [4.69, 9.17) is 0 Å². The summed E-state index contributed by atoms with van der Waals surface area (Å²) in [4.78, 5) is 2.01. The van der Waals surface area contributed by atoms with Gasteiger partial charge in [-0.25, -0.2) is 4.39 Å². The molecule has 0 aliphatic heterocycles. The Morgan fingerprint density at radius 3 is 2.48 bits per heavy atom. The van der Waals surface area contributed by atoms with Gasteiger partial charge in [0.2, 0.25) is 0 Å². The smallest absolute Gasteiger partial charge is 0.146 e. The molecule has 1 N–H and O–H groups in total. The normalized spacial score (nSPS) is 12.2. The summed E-state index contributed by atoms with van der Waals surface area (Å²) in [6.07, 6.45) is 0.902. The molecule has 2 aromatic rings. The third kappa shape index (κ3) is 3.82. The van der Waals surface area contributed by atoms with Gasteiger partial charge in [-0.15, -0.1) is 0 Å². The first-order valence-electron chi connectivity index (χ1n) is 7.34. The molecule has 0 amide bonds. The molecule has 0 aliphatic rings. The highest BCUT2D eigenvalue weighted by Gasteiger charge is 2.16. The average molecular weight is 286 g/mol. The van der Waals surface area contributed by atoms with E-state index in [1.165, 1.54) is 11.6 Å². The van der Waals surface area contributed by atoms with Gasteiger partial charge in [0.05, 0.1) is 5.69 Å². The van der Waals surface area contributed by atoms with Crippen molar-refractivity contribution in [3.8, 4) is 0 Å². The van der Waals surface area contributed by atoms with Crippen LogP contribution in [0.15, 0.2) is 48.5 Å². The van der Waals surface area contributed by atoms with Crippen molar-refractivity contribution in [2.75, 3.05) is 25.5 Å². The number of likely N-dealkylation sites (N-methyl/N-ethyl adjacent to an activating group) is 1. The van der Waals surface area contributed by atoms with Crippen LogP contribution in [0.2, 0.25) is 0 Å².